The summed E-state index contributed by atoms with van der Waals surface area (Å²) < 4.78 is 13.7. The summed E-state index contributed by atoms with van der Waals surface area (Å²) >= 11 is 0. The highest BCUT2D eigenvalue weighted by molar-refractivity contribution is 5.87. The Kier molecular flexibility index (Phi) is 3.95. The average Bonchev–Trinajstić information content (AvgIpc) is 2.67. The smallest absolute Gasteiger partial charge is 0.338 e. The zero-order chi connectivity index (χ0) is 15.0. The Morgan fingerprint density at radius 2 is 2.10 bits per heavy atom. The molecule has 0 amide bonds. The second kappa shape index (κ2) is 5.73. The molecule has 0 spiro atoms. The van der Waals surface area contributed by atoms with Gasteiger partial charge in [-0.05, 0) is 44.0 Å². The fraction of sp³-hybridized carbons (Fsp3) is 0.562. The van der Waals surface area contributed by atoms with Crippen LogP contribution < -0.4 is 0 Å². The number of halogens is 1. The van der Waals surface area contributed by atoms with Crippen molar-refractivity contribution in [3.63, 3.8) is 0 Å². The van der Waals surface area contributed by atoms with Crippen molar-refractivity contribution in [3.05, 3.63) is 35.1 Å². The minimum atomic E-state index is -1.22. The van der Waals surface area contributed by atoms with Crippen LogP contribution in [0.4, 0.5) is 4.39 Å². The number of likely N-dealkylation sites (N-methyl/N-ethyl adjacent to an activating group) is 1. The van der Waals surface area contributed by atoms with E-state index in [-0.39, 0.29) is 5.56 Å². The molecule has 2 heterocycles. The number of carbonyl (C=O) groups is 1. The number of hydrogen-bond donors (Lipinski definition) is 1. The first-order valence-electron chi connectivity index (χ1n) is 7.50. The van der Waals surface area contributed by atoms with Gasteiger partial charge in [0, 0.05) is 31.7 Å². The maximum absolute atomic E-state index is 13.7. The third kappa shape index (κ3) is 2.94. The number of benzene rings is 1. The van der Waals surface area contributed by atoms with Crippen LogP contribution in [0.3, 0.4) is 0 Å². The minimum absolute atomic E-state index is 0.256. The minimum Gasteiger partial charge on any atom is -0.478 e. The van der Waals surface area contributed by atoms with E-state index in [1.165, 1.54) is 25.0 Å². The lowest BCUT2D eigenvalue weighted by Crippen LogP contribution is -2.36. The van der Waals surface area contributed by atoms with E-state index >= 15 is 0 Å². The van der Waals surface area contributed by atoms with E-state index in [1.807, 2.05) is 0 Å². The molecule has 2 unspecified atom stereocenters. The SMILES string of the molecule is CN1C2CCC1CN(Cc1ccc(C(=O)O)c(F)c1)CC2. The molecular formula is C16H21FN2O2. The Morgan fingerprint density at radius 1 is 1.33 bits per heavy atom. The highest BCUT2D eigenvalue weighted by atomic mass is 19.1. The molecule has 1 aromatic rings. The summed E-state index contributed by atoms with van der Waals surface area (Å²) in [5.74, 6) is -1.86. The van der Waals surface area contributed by atoms with Crippen LogP contribution >= 0.6 is 0 Å². The highest BCUT2D eigenvalue weighted by Gasteiger charge is 2.34. The molecule has 114 valence electrons. The van der Waals surface area contributed by atoms with Crippen molar-refractivity contribution in [2.45, 2.75) is 37.9 Å². The number of carboxylic acid groups (broad SMARTS) is 1. The molecule has 2 bridgehead atoms. The van der Waals surface area contributed by atoms with Gasteiger partial charge in [-0.2, -0.15) is 0 Å². The van der Waals surface area contributed by atoms with E-state index in [0.717, 1.165) is 25.1 Å². The number of aromatic carboxylic acids is 1. The van der Waals surface area contributed by atoms with Gasteiger partial charge in [0.2, 0.25) is 0 Å². The largest absolute Gasteiger partial charge is 0.478 e. The Balaban J connectivity index is 1.69. The predicted octanol–water partition coefficient (Wildman–Crippen LogP) is 2.19. The third-order valence-electron chi connectivity index (χ3n) is 4.90. The van der Waals surface area contributed by atoms with Crippen molar-refractivity contribution in [3.8, 4) is 0 Å². The molecule has 4 nitrogen and oxygen atoms in total. The molecule has 0 aliphatic carbocycles. The molecule has 2 atom stereocenters. The average molecular weight is 292 g/mol. The van der Waals surface area contributed by atoms with Crippen molar-refractivity contribution >= 4 is 5.97 Å². The standard InChI is InChI=1S/C16H21FN2O2/c1-18-12-3-4-13(18)10-19(7-6-12)9-11-2-5-14(16(20)21)15(17)8-11/h2,5,8,12-13H,3-4,6-7,9-10H2,1H3,(H,20,21). The lowest BCUT2D eigenvalue weighted by Gasteiger charge is -2.25. The van der Waals surface area contributed by atoms with Gasteiger partial charge in [0.1, 0.15) is 5.82 Å². The van der Waals surface area contributed by atoms with Gasteiger partial charge in [0.25, 0.3) is 0 Å². The van der Waals surface area contributed by atoms with Gasteiger partial charge >= 0.3 is 5.97 Å². The zero-order valence-corrected chi connectivity index (χ0v) is 12.3. The van der Waals surface area contributed by atoms with Crippen LogP contribution in [-0.4, -0.2) is 53.1 Å². The Labute approximate surface area is 124 Å². The number of rotatable bonds is 3. The number of fused-ring (bicyclic) bond motifs is 2. The van der Waals surface area contributed by atoms with Crippen molar-refractivity contribution in [2.24, 2.45) is 0 Å². The Hall–Kier alpha value is -1.46. The summed E-state index contributed by atoms with van der Waals surface area (Å²) in [5.41, 5.74) is 0.589. The van der Waals surface area contributed by atoms with Crippen molar-refractivity contribution in [1.29, 1.82) is 0 Å². The molecule has 1 aromatic carbocycles. The maximum Gasteiger partial charge on any atom is 0.338 e. The molecule has 3 rings (SSSR count). The first-order valence-corrected chi connectivity index (χ1v) is 7.50. The van der Waals surface area contributed by atoms with E-state index in [0.29, 0.717) is 18.6 Å². The van der Waals surface area contributed by atoms with Gasteiger partial charge < -0.3 is 5.11 Å². The summed E-state index contributed by atoms with van der Waals surface area (Å²) in [7, 11) is 2.20. The third-order valence-corrected chi connectivity index (χ3v) is 4.90. The second-order valence-corrected chi connectivity index (χ2v) is 6.19. The van der Waals surface area contributed by atoms with Gasteiger partial charge in [0.05, 0.1) is 5.56 Å². The van der Waals surface area contributed by atoms with Gasteiger partial charge in [-0.25, -0.2) is 9.18 Å². The maximum atomic E-state index is 13.7. The first kappa shape index (κ1) is 14.5. The van der Waals surface area contributed by atoms with Crippen LogP contribution in [0.1, 0.15) is 35.2 Å². The normalized spacial score (nSPS) is 26.8. The molecule has 0 radical (unpaired) electrons. The monoisotopic (exact) mass is 292 g/mol. The van der Waals surface area contributed by atoms with Gasteiger partial charge in [-0.1, -0.05) is 6.07 Å². The van der Waals surface area contributed by atoms with Crippen LogP contribution in [0, 0.1) is 5.82 Å². The number of hydrogen-bond acceptors (Lipinski definition) is 3. The lowest BCUT2D eigenvalue weighted by molar-refractivity contribution is 0.0692. The lowest BCUT2D eigenvalue weighted by atomic mass is 10.1. The number of nitrogens with zero attached hydrogens (tertiary/aromatic N) is 2. The van der Waals surface area contributed by atoms with Gasteiger partial charge in [-0.3, -0.25) is 9.80 Å². The second-order valence-electron chi connectivity index (χ2n) is 6.19. The van der Waals surface area contributed by atoms with Crippen molar-refractivity contribution < 1.29 is 14.3 Å². The summed E-state index contributed by atoms with van der Waals surface area (Å²) in [6.07, 6.45) is 3.68. The zero-order valence-electron chi connectivity index (χ0n) is 12.3. The van der Waals surface area contributed by atoms with Gasteiger partial charge in [-0.15, -0.1) is 0 Å². The Bertz CT molecular complexity index is 549. The van der Waals surface area contributed by atoms with Crippen LogP contribution in [0.15, 0.2) is 18.2 Å². The fourth-order valence-corrected chi connectivity index (χ4v) is 3.61. The molecule has 2 aliphatic rings. The Morgan fingerprint density at radius 3 is 2.81 bits per heavy atom. The van der Waals surface area contributed by atoms with E-state index in [1.54, 1.807) is 6.07 Å². The molecule has 0 saturated carbocycles. The highest BCUT2D eigenvalue weighted by Crippen LogP contribution is 2.29. The van der Waals surface area contributed by atoms with Crippen LogP contribution in [0.2, 0.25) is 0 Å². The quantitative estimate of drug-likeness (QED) is 0.927. The number of carboxylic acids is 1. The summed E-state index contributed by atoms with van der Waals surface area (Å²) in [6, 6.07) is 5.73. The van der Waals surface area contributed by atoms with E-state index in [2.05, 4.69) is 16.8 Å². The first-order chi connectivity index (χ1) is 10.0. The summed E-state index contributed by atoms with van der Waals surface area (Å²) in [5, 5.41) is 8.86. The van der Waals surface area contributed by atoms with Crippen molar-refractivity contribution in [2.75, 3.05) is 20.1 Å². The molecule has 0 aromatic heterocycles. The summed E-state index contributed by atoms with van der Waals surface area (Å²) in [6.45, 7) is 2.72. The van der Waals surface area contributed by atoms with Crippen LogP contribution in [-0.2, 0) is 6.54 Å². The van der Waals surface area contributed by atoms with Gasteiger partial charge in [0.15, 0.2) is 0 Å². The fourth-order valence-electron chi connectivity index (χ4n) is 3.61. The predicted molar refractivity (Wildman–Crippen MR) is 77.8 cm³/mol. The molecule has 5 heteroatoms. The van der Waals surface area contributed by atoms with E-state index in [9.17, 15) is 9.18 Å². The number of likely N-dealkylation sites (tertiary alicyclic amines) is 1. The molecule has 2 aliphatic heterocycles. The molecule has 2 saturated heterocycles. The van der Waals surface area contributed by atoms with E-state index < -0.39 is 11.8 Å². The molecule has 21 heavy (non-hydrogen) atoms. The van der Waals surface area contributed by atoms with Crippen LogP contribution in [0.25, 0.3) is 0 Å². The molecular weight excluding hydrogens is 271 g/mol. The van der Waals surface area contributed by atoms with Crippen LogP contribution in [0.5, 0.6) is 0 Å². The molecule has 1 N–H and O–H groups in total. The topological polar surface area (TPSA) is 43.8 Å². The van der Waals surface area contributed by atoms with E-state index in [4.69, 9.17) is 5.11 Å². The van der Waals surface area contributed by atoms with Crippen molar-refractivity contribution in [1.82, 2.24) is 9.80 Å². The molecule has 2 fully saturated rings. The summed E-state index contributed by atoms with van der Waals surface area (Å²) in [4.78, 5) is 15.7.